The molecule has 0 aliphatic carbocycles. The zero-order chi connectivity index (χ0) is 14.5. The molecule has 104 valence electrons. The van der Waals surface area contributed by atoms with Crippen molar-refractivity contribution < 1.29 is 9.53 Å². The standard InChI is InChI=1S/C16H16BrNO2/c1-11-6-7-15(17)14(8-11)16(19)18-10-12-4-3-5-13(9-12)20-2/h3-9H,10H2,1-2H3,(H,18,19). The second-order valence-electron chi connectivity index (χ2n) is 4.52. The van der Waals surface area contributed by atoms with Crippen LogP contribution in [0.5, 0.6) is 5.75 Å². The molecule has 0 saturated carbocycles. The average molecular weight is 334 g/mol. The first-order valence-electron chi connectivity index (χ1n) is 6.27. The van der Waals surface area contributed by atoms with E-state index in [0.29, 0.717) is 12.1 Å². The molecule has 1 N–H and O–H groups in total. The van der Waals surface area contributed by atoms with Crippen LogP contribution in [0.3, 0.4) is 0 Å². The summed E-state index contributed by atoms with van der Waals surface area (Å²) in [7, 11) is 1.63. The molecule has 2 rings (SSSR count). The van der Waals surface area contributed by atoms with Crippen LogP contribution in [0.4, 0.5) is 0 Å². The van der Waals surface area contributed by atoms with Gasteiger partial charge in [0.2, 0.25) is 0 Å². The molecule has 20 heavy (non-hydrogen) atoms. The Labute approximate surface area is 127 Å². The van der Waals surface area contributed by atoms with Gasteiger partial charge >= 0.3 is 0 Å². The van der Waals surface area contributed by atoms with Crippen molar-refractivity contribution in [2.45, 2.75) is 13.5 Å². The molecule has 0 unspecified atom stereocenters. The maximum absolute atomic E-state index is 12.2. The molecule has 0 aliphatic rings. The van der Waals surface area contributed by atoms with Crippen LogP contribution in [-0.2, 0) is 6.54 Å². The predicted molar refractivity (Wildman–Crippen MR) is 83.0 cm³/mol. The minimum atomic E-state index is -0.0941. The van der Waals surface area contributed by atoms with Gasteiger partial charge in [-0.05, 0) is 52.7 Å². The number of hydrogen-bond acceptors (Lipinski definition) is 2. The number of methoxy groups -OCH3 is 1. The van der Waals surface area contributed by atoms with E-state index in [2.05, 4.69) is 21.2 Å². The zero-order valence-corrected chi connectivity index (χ0v) is 13.0. The number of rotatable bonds is 4. The van der Waals surface area contributed by atoms with E-state index in [-0.39, 0.29) is 5.91 Å². The highest BCUT2D eigenvalue weighted by atomic mass is 79.9. The molecule has 4 heteroatoms. The van der Waals surface area contributed by atoms with E-state index in [1.807, 2.05) is 49.4 Å². The second kappa shape index (κ2) is 6.57. The van der Waals surface area contributed by atoms with Gasteiger partial charge in [-0.25, -0.2) is 0 Å². The van der Waals surface area contributed by atoms with Crippen LogP contribution >= 0.6 is 15.9 Å². The van der Waals surface area contributed by atoms with Gasteiger partial charge in [0.25, 0.3) is 5.91 Å². The van der Waals surface area contributed by atoms with Crippen molar-refractivity contribution in [1.82, 2.24) is 5.32 Å². The normalized spacial score (nSPS) is 10.2. The molecule has 0 atom stereocenters. The van der Waals surface area contributed by atoms with E-state index < -0.39 is 0 Å². The van der Waals surface area contributed by atoms with Crippen molar-refractivity contribution in [2.75, 3.05) is 7.11 Å². The first-order chi connectivity index (χ1) is 9.60. The van der Waals surface area contributed by atoms with E-state index in [1.165, 1.54) is 0 Å². The minimum absolute atomic E-state index is 0.0941. The average Bonchev–Trinajstić information content (AvgIpc) is 2.47. The summed E-state index contributed by atoms with van der Waals surface area (Å²) in [5.41, 5.74) is 2.70. The smallest absolute Gasteiger partial charge is 0.252 e. The molecule has 0 fully saturated rings. The first-order valence-corrected chi connectivity index (χ1v) is 7.06. The summed E-state index contributed by atoms with van der Waals surface area (Å²) in [6, 6.07) is 13.4. The van der Waals surface area contributed by atoms with Crippen molar-refractivity contribution in [2.24, 2.45) is 0 Å². The van der Waals surface area contributed by atoms with Gasteiger partial charge in [0.15, 0.2) is 0 Å². The summed E-state index contributed by atoms with van der Waals surface area (Å²) in [4.78, 5) is 12.2. The Hall–Kier alpha value is -1.81. The van der Waals surface area contributed by atoms with Gasteiger partial charge in [-0.3, -0.25) is 4.79 Å². The lowest BCUT2D eigenvalue weighted by Gasteiger charge is -2.09. The Kier molecular flexibility index (Phi) is 4.79. The lowest BCUT2D eigenvalue weighted by atomic mass is 10.1. The largest absolute Gasteiger partial charge is 0.497 e. The van der Waals surface area contributed by atoms with Gasteiger partial charge < -0.3 is 10.1 Å². The van der Waals surface area contributed by atoms with Crippen molar-refractivity contribution >= 4 is 21.8 Å². The maximum Gasteiger partial charge on any atom is 0.252 e. The van der Waals surface area contributed by atoms with E-state index >= 15 is 0 Å². The number of ether oxygens (including phenoxy) is 1. The fourth-order valence-corrected chi connectivity index (χ4v) is 2.30. The molecule has 0 bridgehead atoms. The van der Waals surface area contributed by atoms with Crippen molar-refractivity contribution in [3.8, 4) is 5.75 Å². The predicted octanol–water partition coefficient (Wildman–Crippen LogP) is 3.70. The molecule has 2 aromatic rings. The molecule has 0 aliphatic heterocycles. The van der Waals surface area contributed by atoms with E-state index in [4.69, 9.17) is 4.74 Å². The molecule has 0 radical (unpaired) electrons. The number of amides is 1. The summed E-state index contributed by atoms with van der Waals surface area (Å²) >= 11 is 3.40. The van der Waals surface area contributed by atoms with Crippen LogP contribution < -0.4 is 10.1 Å². The SMILES string of the molecule is COc1cccc(CNC(=O)c2cc(C)ccc2Br)c1. The number of carbonyl (C=O) groups excluding carboxylic acids is 1. The third kappa shape index (κ3) is 3.61. The third-order valence-electron chi connectivity index (χ3n) is 2.95. The topological polar surface area (TPSA) is 38.3 Å². The van der Waals surface area contributed by atoms with E-state index in [1.54, 1.807) is 7.11 Å². The van der Waals surface area contributed by atoms with E-state index in [9.17, 15) is 4.79 Å². The summed E-state index contributed by atoms with van der Waals surface area (Å²) in [5.74, 6) is 0.692. The summed E-state index contributed by atoms with van der Waals surface area (Å²) in [5, 5.41) is 2.91. The first kappa shape index (κ1) is 14.6. The van der Waals surface area contributed by atoms with Crippen LogP contribution in [0.15, 0.2) is 46.9 Å². The van der Waals surface area contributed by atoms with E-state index in [0.717, 1.165) is 21.3 Å². The van der Waals surface area contributed by atoms with Crippen LogP contribution in [0.2, 0.25) is 0 Å². The van der Waals surface area contributed by atoms with Crippen LogP contribution in [0, 0.1) is 6.92 Å². The van der Waals surface area contributed by atoms with Crippen LogP contribution in [0.25, 0.3) is 0 Å². The fourth-order valence-electron chi connectivity index (χ4n) is 1.87. The minimum Gasteiger partial charge on any atom is -0.497 e. The molecule has 0 spiro atoms. The van der Waals surface area contributed by atoms with Gasteiger partial charge in [-0.15, -0.1) is 0 Å². The molecular formula is C16H16BrNO2. The molecule has 0 heterocycles. The molecular weight excluding hydrogens is 318 g/mol. The van der Waals surface area contributed by atoms with Crippen molar-refractivity contribution in [3.63, 3.8) is 0 Å². The highest BCUT2D eigenvalue weighted by Gasteiger charge is 2.09. The Morgan fingerprint density at radius 2 is 2.05 bits per heavy atom. The number of hydrogen-bond donors (Lipinski definition) is 1. The number of aryl methyl sites for hydroxylation is 1. The van der Waals surface area contributed by atoms with Gasteiger partial charge in [-0.1, -0.05) is 23.8 Å². The maximum atomic E-state index is 12.2. The molecule has 1 amide bonds. The van der Waals surface area contributed by atoms with Crippen LogP contribution in [0.1, 0.15) is 21.5 Å². The molecule has 0 saturated heterocycles. The van der Waals surface area contributed by atoms with Crippen molar-refractivity contribution in [3.05, 3.63) is 63.6 Å². The fraction of sp³-hybridized carbons (Fsp3) is 0.188. The monoisotopic (exact) mass is 333 g/mol. The van der Waals surface area contributed by atoms with Gasteiger partial charge in [0, 0.05) is 11.0 Å². The highest BCUT2D eigenvalue weighted by Crippen LogP contribution is 2.18. The second-order valence-corrected chi connectivity index (χ2v) is 5.37. The Morgan fingerprint density at radius 3 is 2.80 bits per heavy atom. The summed E-state index contributed by atoms with van der Waals surface area (Å²) in [6.45, 7) is 2.43. The number of nitrogens with one attached hydrogen (secondary N) is 1. The lowest BCUT2D eigenvalue weighted by Crippen LogP contribution is -2.23. The summed E-state index contributed by atoms with van der Waals surface area (Å²) < 4.78 is 5.96. The van der Waals surface area contributed by atoms with Crippen LogP contribution in [-0.4, -0.2) is 13.0 Å². The molecule has 2 aromatic carbocycles. The number of halogens is 1. The molecule has 0 aromatic heterocycles. The summed E-state index contributed by atoms with van der Waals surface area (Å²) in [6.07, 6.45) is 0. The van der Waals surface area contributed by atoms with Gasteiger partial charge in [0.1, 0.15) is 5.75 Å². The lowest BCUT2D eigenvalue weighted by molar-refractivity contribution is 0.0950. The highest BCUT2D eigenvalue weighted by molar-refractivity contribution is 9.10. The number of benzene rings is 2. The quantitative estimate of drug-likeness (QED) is 0.926. The number of carbonyl (C=O) groups is 1. The third-order valence-corrected chi connectivity index (χ3v) is 3.65. The van der Waals surface area contributed by atoms with Gasteiger partial charge in [-0.2, -0.15) is 0 Å². The van der Waals surface area contributed by atoms with Crippen molar-refractivity contribution in [1.29, 1.82) is 0 Å². The Balaban J connectivity index is 2.06. The van der Waals surface area contributed by atoms with Gasteiger partial charge in [0.05, 0.1) is 12.7 Å². The Bertz CT molecular complexity index is 626. The zero-order valence-electron chi connectivity index (χ0n) is 11.4. The molecule has 3 nitrogen and oxygen atoms in total. The Morgan fingerprint density at radius 1 is 1.25 bits per heavy atom.